The molecule has 0 heterocycles. The summed E-state index contributed by atoms with van der Waals surface area (Å²) < 4.78 is 13.5. The second-order valence-corrected chi connectivity index (χ2v) is 3.76. The summed E-state index contributed by atoms with van der Waals surface area (Å²) in [5.41, 5.74) is 0.475. The third-order valence-electron chi connectivity index (χ3n) is 2.25. The second kappa shape index (κ2) is 5.70. The lowest BCUT2D eigenvalue weighted by Gasteiger charge is -2.21. The van der Waals surface area contributed by atoms with Crippen LogP contribution >= 0.6 is 11.6 Å². The largest absolute Gasteiger partial charge is 0.359 e. The van der Waals surface area contributed by atoms with Gasteiger partial charge in [-0.3, -0.25) is 4.99 Å². The van der Waals surface area contributed by atoms with Crippen molar-refractivity contribution in [2.75, 3.05) is 21.1 Å². The molecule has 1 aromatic carbocycles. The van der Waals surface area contributed by atoms with Crippen LogP contribution < -0.4 is 5.32 Å². The molecule has 0 unspecified atom stereocenters. The first-order valence-corrected chi connectivity index (χ1v) is 5.26. The summed E-state index contributed by atoms with van der Waals surface area (Å²) in [6.07, 6.45) is 0. The minimum Gasteiger partial charge on any atom is -0.359 e. The molecule has 0 bridgehead atoms. The van der Waals surface area contributed by atoms with Gasteiger partial charge < -0.3 is 10.2 Å². The monoisotopic (exact) mass is 243 g/mol. The zero-order valence-electron chi connectivity index (χ0n) is 9.59. The third kappa shape index (κ3) is 2.85. The van der Waals surface area contributed by atoms with Gasteiger partial charge in [0.2, 0.25) is 0 Å². The second-order valence-electron chi connectivity index (χ2n) is 3.35. The highest BCUT2D eigenvalue weighted by atomic mass is 35.5. The Morgan fingerprint density at radius 3 is 2.75 bits per heavy atom. The van der Waals surface area contributed by atoms with E-state index in [1.54, 1.807) is 31.1 Å². The number of nitrogens with zero attached hydrogens (tertiary/aromatic N) is 2. The summed E-state index contributed by atoms with van der Waals surface area (Å²) in [5, 5.41) is 3.35. The molecule has 0 aliphatic rings. The van der Waals surface area contributed by atoms with Gasteiger partial charge in [0.15, 0.2) is 5.96 Å². The van der Waals surface area contributed by atoms with Gasteiger partial charge in [0, 0.05) is 38.3 Å². The highest BCUT2D eigenvalue weighted by Crippen LogP contribution is 2.20. The highest BCUT2D eigenvalue weighted by Gasteiger charge is 2.11. The number of benzene rings is 1. The van der Waals surface area contributed by atoms with Crippen molar-refractivity contribution in [2.24, 2.45) is 4.99 Å². The van der Waals surface area contributed by atoms with Gasteiger partial charge in [-0.05, 0) is 12.1 Å². The van der Waals surface area contributed by atoms with Crippen LogP contribution in [0.3, 0.4) is 0 Å². The number of halogens is 2. The first kappa shape index (κ1) is 12.8. The Balaban J connectivity index is 2.88. The Hall–Kier alpha value is -1.29. The van der Waals surface area contributed by atoms with Crippen LogP contribution in [0.1, 0.15) is 5.56 Å². The highest BCUT2D eigenvalue weighted by molar-refractivity contribution is 6.31. The number of guanidine groups is 1. The minimum atomic E-state index is -0.300. The first-order chi connectivity index (χ1) is 7.60. The number of hydrogen-bond donors (Lipinski definition) is 1. The predicted molar refractivity (Wildman–Crippen MR) is 65.3 cm³/mol. The summed E-state index contributed by atoms with van der Waals surface area (Å²) in [5.74, 6) is 0.380. The summed E-state index contributed by atoms with van der Waals surface area (Å²) in [6.45, 7) is 0.374. The van der Waals surface area contributed by atoms with Crippen molar-refractivity contribution in [3.8, 4) is 0 Å². The minimum absolute atomic E-state index is 0.300. The topological polar surface area (TPSA) is 27.6 Å². The molecule has 1 N–H and O–H groups in total. The van der Waals surface area contributed by atoms with E-state index in [0.717, 1.165) is 0 Å². The van der Waals surface area contributed by atoms with Crippen molar-refractivity contribution in [3.05, 3.63) is 34.6 Å². The Bertz CT molecular complexity index is 373. The van der Waals surface area contributed by atoms with Crippen molar-refractivity contribution in [1.29, 1.82) is 0 Å². The molecule has 0 saturated heterocycles. The van der Waals surface area contributed by atoms with E-state index in [-0.39, 0.29) is 5.82 Å². The molecule has 0 saturated carbocycles. The van der Waals surface area contributed by atoms with Crippen LogP contribution in [-0.2, 0) is 6.54 Å². The first-order valence-electron chi connectivity index (χ1n) is 4.88. The number of rotatable bonds is 2. The zero-order chi connectivity index (χ0) is 12.1. The fourth-order valence-electron chi connectivity index (χ4n) is 1.47. The zero-order valence-corrected chi connectivity index (χ0v) is 10.3. The van der Waals surface area contributed by atoms with E-state index in [2.05, 4.69) is 10.3 Å². The van der Waals surface area contributed by atoms with Crippen LogP contribution in [0.4, 0.5) is 4.39 Å². The molecule has 0 aliphatic carbocycles. The fraction of sp³-hybridized carbons (Fsp3) is 0.364. The van der Waals surface area contributed by atoms with Crippen LogP contribution in [0.2, 0.25) is 5.02 Å². The van der Waals surface area contributed by atoms with Crippen LogP contribution in [0.25, 0.3) is 0 Å². The van der Waals surface area contributed by atoms with E-state index >= 15 is 0 Å². The summed E-state index contributed by atoms with van der Waals surface area (Å²) in [4.78, 5) is 5.82. The van der Waals surface area contributed by atoms with Crippen molar-refractivity contribution < 1.29 is 4.39 Å². The lowest BCUT2D eigenvalue weighted by molar-refractivity contribution is 0.465. The number of aliphatic imine (C=N–C) groups is 1. The molecule has 0 spiro atoms. The smallest absolute Gasteiger partial charge is 0.193 e. The van der Waals surface area contributed by atoms with Crippen molar-refractivity contribution >= 4 is 17.6 Å². The summed E-state index contributed by atoms with van der Waals surface area (Å²) >= 11 is 5.94. The molecular formula is C11H15ClFN3. The molecule has 88 valence electrons. The maximum Gasteiger partial charge on any atom is 0.193 e. The van der Waals surface area contributed by atoms with Crippen molar-refractivity contribution in [1.82, 2.24) is 10.2 Å². The van der Waals surface area contributed by atoms with E-state index in [9.17, 15) is 4.39 Å². The van der Waals surface area contributed by atoms with E-state index in [0.29, 0.717) is 23.1 Å². The predicted octanol–water partition coefficient (Wildman–Crippen LogP) is 2.12. The standard InChI is InChI=1S/C11H15ClFN3/c1-14-11(15-2)16(3)7-8-9(12)5-4-6-10(8)13/h4-6H,7H2,1-3H3,(H,14,15). The maximum atomic E-state index is 13.5. The molecule has 0 amide bonds. The van der Waals surface area contributed by atoms with Gasteiger partial charge in [-0.15, -0.1) is 0 Å². The maximum absolute atomic E-state index is 13.5. The molecule has 16 heavy (non-hydrogen) atoms. The molecule has 1 aromatic rings. The third-order valence-corrected chi connectivity index (χ3v) is 2.61. The normalized spacial score (nSPS) is 11.4. The molecule has 0 aromatic heterocycles. The Morgan fingerprint density at radius 2 is 2.25 bits per heavy atom. The summed E-state index contributed by atoms with van der Waals surface area (Å²) in [6, 6.07) is 4.67. The van der Waals surface area contributed by atoms with E-state index < -0.39 is 0 Å². The molecular weight excluding hydrogens is 229 g/mol. The summed E-state index contributed by atoms with van der Waals surface area (Å²) in [7, 11) is 5.26. The van der Waals surface area contributed by atoms with Gasteiger partial charge in [0.25, 0.3) is 0 Å². The Labute approximate surface area is 99.9 Å². The van der Waals surface area contributed by atoms with Crippen molar-refractivity contribution in [2.45, 2.75) is 6.54 Å². The lowest BCUT2D eigenvalue weighted by Crippen LogP contribution is -2.36. The van der Waals surface area contributed by atoms with Gasteiger partial charge >= 0.3 is 0 Å². The van der Waals surface area contributed by atoms with Crippen LogP contribution in [0.5, 0.6) is 0 Å². The van der Waals surface area contributed by atoms with Gasteiger partial charge in [-0.2, -0.15) is 0 Å². The molecule has 0 fully saturated rings. The average Bonchev–Trinajstić information content (AvgIpc) is 2.25. The molecule has 0 aliphatic heterocycles. The Kier molecular flexibility index (Phi) is 4.55. The number of hydrogen-bond acceptors (Lipinski definition) is 1. The molecule has 3 nitrogen and oxygen atoms in total. The van der Waals surface area contributed by atoms with Gasteiger partial charge in [0.05, 0.1) is 0 Å². The molecule has 0 radical (unpaired) electrons. The lowest BCUT2D eigenvalue weighted by atomic mass is 10.2. The van der Waals surface area contributed by atoms with Crippen LogP contribution in [0.15, 0.2) is 23.2 Å². The Morgan fingerprint density at radius 1 is 1.56 bits per heavy atom. The quantitative estimate of drug-likeness (QED) is 0.637. The SMILES string of the molecule is CN=C(NC)N(C)Cc1c(F)cccc1Cl. The van der Waals surface area contributed by atoms with Gasteiger partial charge in [-0.1, -0.05) is 17.7 Å². The van der Waals surface area contributed by atoms with Crippen molar-refractivity contribution in [3.63, 3.8) is 0 Å². The molecule has 1 rings (SSSR count). The average molecular weight is 244 g/mol. The van der Waals surface area contributed by atoms with Crippen LogP contribution in [-0.4, -0.2) is 32.0 Å². The van der Waals surface area contributed by atoms with E-state index in [1.807, 2.05) is 7.05 Å². The van der Waals surface area contributed by atoms with E-state index in [1.165, 1.54) is 6.07 Å². The molecule has 0 atom stereocenters. The van der Waals surface area contributed by atoms with Gasteiger partial charge in [0.1, 0.15) is 5.82 Å². The molecule has 5 heteroatoms. The van der Waals surface area contributed by atoms with Crippen LogP contribution in [0, 0.1) is 5.82 Å². The number of nitrogens with one attached hydrogen (secondary N) is 1. The fourth-order valence-corrected chi connectivity index (χ4v) is 1.69. The van der Waals surface area contributed by atoms with E-state index in [4.69, 9.17) is 11.6 Å². The van der Waals surface area contributed by atoms with Gasteiger partial charge in [-0.25, -0.2) is 4.39 Å².